The Kier molecular flexibility index (Phi) is 5.99. The summed E-state index contributed by atoms with van der Waals surface area (Å²) < 4.78 is 1.12. The number of rotatable bonds is 4. The number of piperazine rings is 1. The first kappa shape index (κ1) is 19.4. The molecule has 3 heterocycles. The third-order valence-electron chi connectivity index (χ3n) is 5.44. The molecule has 28 heavy (non-hydrogen) atoms. The maximum Gasteiger partial charge on any atom is 0.246 e. The fourth-order valence-corrected chi connectivity index (χ4v) is 5.18. The predicted molar refractivity (Wildman–Crippen MR) is 115 cm³/mol. The number of hydrogen-bond acceptors (Lipinski definition) is 4. The molecule has 0 unspecified atom stereocenters. The molecular weight excluding hydrogens is 394 g/mol. The van der Waals surface area contributed by atoms with Crippen LogP contribution in [0.4, 0.5) is 0 Å². The van der Waals surface area contributed by atoms with Gasteiger partial charge >= 0.3 is 0 Å². The average molecular weight is 418 g/mol. The second-order valence-corrected chi connectivity index (χ2v) is 8.76. The Hall–Kier alpha value is -1.89. The third kappa shape index (κ3) is 4.24. The third-order valence-corrected chi connectivity index (χ3v) is 7.09. The van der Waals surface area contributed by atoms with Crippen molar-refractivity contribution in [2.75, 3.05) is 45.8 Å². The molecule has 0 spiro atoms. The van der Waals surface area contributed by atoms with Gasteiger partial charge in [0.15, 0.2) is 0 Å². The zero-order valence-corrected chi connectivity index (χ0v) is 17.3. The second kappa shape index (κ2) is 8.64. The number of benzene rings is 1. The molecule has 0 radical (unpaired) electrons. The van der Waals surface area contributed by atoms with E-state index in [1.165, 1.54) is 0 Å². The summed E-state index contributed by atoms with van der Waals surface area (Å²) in [5.74, 6) is 0.218. The monoisotopic (exact) mass is 417 g/mol. The number of thiophene rings is 1. The van der Waals surface area contributed by atoms with E-state index in [-0.39, 0.29) is 11.8 Å². The molecule has 4 rings (SSSR count). The molecule has 0 atom stereocenters. The van der Waals surface area contributed by atoms with Crippen LogP contribution in [0.1, 0.15) is 17.7 Å². The molecule has 2 amide bonds. The Bertz CT molecular complexity index is 896. The minimum atomic E-state index is -0.000887. The van der Waals surface area contributed by atoms with Crippen molar-refractivity contribution in [1.82, 2.24) is 14.7 Å². The van der Waals surface area contributed by atoms with E-state index in [4.69, 9.17) is 11.6 Å². The fourth-order valence-electron chi connectivity index (χ4n) is 3.78. The van der Waals surface area contributed by atoms with E-state index in [1.807, 2.05) is 40.1 Å². The number of carbonyl (C=O) groups is 2. The molecule has 1 aromatic carbocycles. The summed E-state index contributed by atoms with van der Waals surface area (Å²) in [4.78, 5) is 31.7. The van der Waals surface area contributed by atoms with E-state index in [0.717, 1.165) is 54.0 Å². The number of hydrogen-bond donors (Lipinski definition) is 0. The molecule has 148 valence electrons. The summed E-state index contributed by atoms with van der Waals surface area (Å²) in [6, 6.07) is 7.99. The normalized spacial score (nSPS) is 18.5. The summed E-state index contributed by atoms with van der Waals surface area (Å²) in [6.45, 7) is 5.03. The van der Waals surface area contributed by atoms with Crippen molar-refractivity contribution in [1.29, 1.82) is 0 Å². The number of halogens is 1. The van der Waals surface area contributed by atoms with Crippen molar-refractivity contribution in [2.24, 2.45) is 0 Å². The molecule has 0 bridgehead atoms. The SMILES string of the molecule is O=C(/C=C/c1sc2ccccc2c1Cl)N1CCN(CC(=O)N2CCCC2)CC1. The van der Waals surface area contributed by atoms with Gasteiger partial charge < -0.3 is 9.80 Å². The molecule has 1 aromatic heterocycles. The van der Waals surface area contributed by atoms with Gasteiger partial charge in [0, 0.05) is 60.3 Å². The summed E-state index contributed by atoms with van der Waals surface area (Å²) >= 11 is 8.03. The van der Waals surface area contributed by atoms with Crippen LogP contribution in [0.5, 0.6) is 0 Å². The maximum atomic E-state index is 12.5. The lowest BCUT2D eigenvalue weighted by molar-refractivity contribution is -0.132. The largest absolute Gasteiger partial charge is 0.342 e. The molecule has 5 nitrogen and oxygen atoms in total. The maximum absolute atomic E-state index is 12.5. The van der Waals surface area contributed by atoms with Crippen molar-refractivity contribution in [3.05, 3.63) is 40.2 Å². The van der Waals surface area contributed by atoms with Gasteiger partial charge in [0.25, 0.3) is 0 Å². The van der Waals surface area contributed by atoms with Crippen molar-refractivity contribution >= 4 is 50.9 Å². The summed E-state index contributed by atoms with van der Waals surface area (Å²) in [6.07, 6.45) is 5.66. The molecule has 0 N–H and O–H groups in total. The Morgan fingerprint density at radius 3 is 2.43 bits per heavy atom. The Morgan fingerprint density at radius 2 is 1.71 bits per heavy atom. The van der Waals surface area contributed by atoms with E-state index >= 15 is 0 Å². The summed E-state index contributed by atoms with van der Waals surface area (Å²) in [5.41, 5.74) is 0. The molecule has 2 fully saturated rings. The van der Waals surface area contributed by atoms with Crippen molar-refractivity contribution in [3.8, 4) is 0 Å². The first-order valence-electron chi connectivity index (χ1n) is 9.76. The summed E-state index contributed by atoms with van der Waals surface area (Å²) in [7, 11) is 0. The molecule has 7 heteroatoms. The molecule has 2 aromatic rings. The number of amides is 2. The Morgan fingerprint density at radius 1 is 1.00 bits per heavy atom. The van der Waals surface area contributed by atoms with Crippen LogP contribution in [-0.4, -0.2) is 72.3 Å². The van der Waals surface area contributed by atoms with Crippen LogP contribution >= 0.6 is 22.9 Å². The van der Waals surface area contributed by atoms with Gasteiger partial charge in [0.05, 0.1) is 11.6 Å². The fraction of sp³-hybridized carbons (Fsp3) is 0.429. The van der Waals surface area contributed by atoms with Gasteiger partial charge in [0.1, 0.15) is 0 Å². The van der Waals surface area contributed by atoms with Crippen molar-refractivity contribution < 1.29 is 9.59 Å². The number of carbonyl (C=O) groups excluding carboxylic acids is 2. The van der Waals surface area contributed by atoms with Crippen LogP contribution in [0.15, 0.2) is 30.3 Å². The molecule has 0 saturated carbocycles. The molecule has 0 aliphatic carbocycles. The smallest absolute Gasteiger partial charge is 0.246 e. The standard InChI is InChI=1S/C21H24ClN3O2S/c22-21-16-5-1-2-6-17(16)28-18(21)7-8-19(26)25-13-11-23(12-14-25)15-20(27)24-9-3-4-10-24/h1-2,5-8H,3-4,9-15H2/b8-7+. The van der Waals surface area contributed by atoms with Gasteiger partial charge in [0.2, 0.25) is 11.8 Å². The molecule has 2 aliphatic rings. The topological polar surface area (TPSA) is 43.9 Å². The Balaban J connectivity index is 1.30. The van der Waals surface area contributed by atoms with E-state index < -0.39 is 0 Å². The molecule has 2 aliphatic heterocycles. The highest BCUT2D eigenvalue weighted by Gasteiger charge is 2.24. The van der Waals surface area contributed by atoms with Gasteiger partial charge in [-0.3, -0.25) is 14.5 Å². The van der Waals surface area contributed by atoms with Gasteiger partial charge in [-0.25, -0.2) is 0 Å². The highest BCUT2D eigenvalue weighted by atomic mass is 35.5. The highest BCUT2D eigenvalue weighted by Crippen LogP contribution is 2.35. The number of likely N-dealkylation sites (tertiary alicyclic amines) is 1. The zero-order chi connectivity index (χ0) is 19.5. The van der Waals surface area contributed by atoms with Crippen molar-refractivity contribution in [2.45, 2.75) is 12.8 Å². The van der Waals surface area contributed by atoms with Crippen LogP contribution in [0, 0.1) is 0 Å². The Labute approximate surface area is 174 Å². The minimum absolute atomic E-state index is 0.000887. The van der Waals surface area contributed by atoms with E-state index in [1.54, 1.807) is 17.4 Å². The highest BCUT2D eigenvalue weighted by molar-refractivity contribution is 7.20. The van der Waals surface area contributed by atoms with Gasteiger partial charge in [-0.1, -0.05) is 29.8 Å². The van der Waals surface area contributed by atoms with E-state index in [9.17, 15) is 9.59 Å². The first-order chi connectivity index (χ1) is 13.6. The molecule has 2 saturated heterocycles. The van der Waals surface area contributed by atoms with Crippen LogP contribution in [-0.2, 0) is 9.59 Å². The summed E-state index contributed by atoms with van der Waals surface area (Å²) in [5, 5.41) is 1.73. The number of fused-ring (bicyclic) bond motifs is 1. The lowest BCUT2D eigenvalue weighted by Gasteiger charge is -2.34. The van der Waals surface area contributed by atoms with Crippen LogP contribution in [0.3, 0.4) is 0 Å². The van der Waals surface area contributed by atoms with Gasteiger partial charge in [-0.2, -0.15) is 0 Å². The lowest BCUT2D eigenvalue weighted by atomic mass is 10.2. The van der Waals surface area contributed by atoms with E-state index in [2.05, 4.69) is 4.90 Å². The minimum Gasteiger partial charge on any atom is -0.342 e. The predicted octanol–water partition coefficient (Wildman–Crippen LogP) is 3.33. The molecular formula is C21H24ClN3O2S. The second-order valence-electron chi connectivity index (χ2n) is 7.30. The zero-order valence-electron chi connectivity index (χ0n) is 15.8. The average Bonchev–Trinajstić information content (AvgIpc) is 3.36. The van der Waals surface area contributed by atoms with Crippen molar-refractivity contribution in [3.63, 3.8) is 0 Å². The van der Waals surface area contributed by atoms with Gasteiger partial charge in [-0.05, 0) is 25.0 Å². The van der Waals surface area contributed by atoms with Crippen LogP contribution in [0.2, 0.25) is 5.02 Å². The van der Waals surface area contributed by atoms with Crippen LogP contribution < -0.4 is 0 Å². The quantitative estimate of drug-likeness (QED) is 0.716. The van der Waals surface area contributed by atoms with Gasteiger partial charge in [-0.15, -0.1) is 11.3 Å². The first-order valence-corrected chi connectivity index (χ1v) is 11.0. The van der Waals surface area contributed by atoms with E-state index in [0.29, 0.717) is 24.7 Å². The number of nitrogens with zero attached hydrogens (tertiary/aromatic N) is 3. The lowest BCUT2D eigenvalue weighted by Crippen LogP contribution is -2.51. The van der Waals surface area contributed by atoms with Crippen LogP contribution in [0.25, 0.3) is 16.2 Å².